The van der Waals surface area contributed by atoms with E-state index in [1.807, 2.05) is 14.0 Å². The molecule has 0 bridgehead atoms. The van der Waals surface area contributed by atoms with Crippen molar-refractivity contribution in [1.82, 2.24) is 9.78 Å². The molecule has 0 aliphatic rings. The van der Waals surface area contributed by atoms with Crippen LogP contribution in [0.3, 0.4) is 0 Å². The average Bonchev–Trinajstić information content (AvgIpc) is 2.67. The molecule has 0 fully saturated rings. The van der Waals surface area contributed by atoms with Gasteiger partial charge in [0.05, 0.1) is 16.8 Å². The normalized spacial score (nSPS) is 10.5. The van der Waals surface area contributed by atoms with Gasteiger partial charge in [0, 0.05) is 30.5 Å². The highest BCUT2D eigenvalue weighted by Crippen LogP contribution is 2.21. The van der Waals surface area contributed by atoms with Gasteiger partial charge in [0.2, 0.25) is 0 Å². The van der Waals surface area contributed by atoms with E-state index >= 15 is 0 Å². The summed E-state index contributed by atoms with van der Waals surface area (Å²) in [5, 5.41) is 16.5. The first-order valence-corrected chi connectivity index (χ1v) is 6.11. The molecule has 0 saturated heterocycles. The predicted octanol–water partition coefficient (Wildman–Crippen LogP) is 2.69. The Balaban J connectivity index is 2.10. The smallest absolute Gasteiger partial charge is 0.337 e. The van der Waals surface area contributed by atoms with Crippen LogP contribution in [0.2, 0.25) is 5.02 Å². The second-order valence-electron chi connectivity index (χ2n) is 4.23. The fourth-order valence-corrected chi connectivity index (χ4v) is 1.97. The summed E-state index contributed by atoms with van der Waals surface area (Å²) in [7, 11) is 1.89. The molecular weight excluding hydrogens is 266 g/mol. The molecule has 0 unspecified atom stereocenters. The molecule has 19 heavy (non-hydrogen) atoms. The third-order valence-corrected chi connectivity index (χ3v) is 3.33. The molecule has 0 aliphatic heterocycles. The Hall–Kier alpha value is -2.01. The fourth-order valence-electron chi connectivity index (χ4n) is 1.71. The molecule has 2 N–H and O–H groups in total. The predicted molar refractivity (Wildman–Crippen MR) is 73.7 cm³/mol. The Labute approximate surface area is 115 Å². The highest BCUT2D eigenvalue weighted by Gasteiger charge is 2.09. The van der Waals surface area contributed by atoms with Gasteiger partial charge in [0.1, 0.15) is 0 Å². The van der Waals surface area contributed by atoms with Crippen molar-refractivity contribution in [3.63, 3.8) is 0 Å². The standard InChI is InChI=1S/C13H14ClN3O2/c1-8-9(7-16-17(8)2)6-15-10-3-4-11(13(18)19)12(14)5-10/h3-5,7,15H,6H2,1-2H3,(H,18,19). The Morgan fingerprint density at radius 3 is 2.79 bits per heavy atom. The summed E-state index contributed by atoms with van der Waals surface area (Å²) in [5.41, 5.74) is 3.05. The summed E-state index contributed by atoms with van der Waals surface area (Å²) in [4.78, 5) is 10.8. The molecule has 1 heterocycles. The van der Waals surface area contributed by atoms with Gasteiger partial charge in [0.25, 0.3) is 0 Å². The summed E-state index contributed by atoms with van der Waals surface area (Å²) in [6.07, 6.45) is 1.80. The van der Waals surface area contributed by atoms with Crippen LogP contribution < -0.4 is 5.32 Å². The monoisotopic (exact) mass is 279 g/mol. The first-order valence-electron chi connectivity index (χ1n) is 5.73. The lowest BCUT2D eigenvalue weighted by Gasteiger charge is -2.07. The van der Waals surface area contributed by atoms with Crippen LogP contribution in [0, 0.1) is 6.92 Å². The molecule has 1 aromatic heterocycles. The lowest BCUT2D eigenvalue weighted by Crippen LogP contribution is -2.03. The van der Waals surface area contributed by atoms with Gasteiger partial charge in [-0.3, -0.25) is 4.68 Å². The lowest BCUT2D eigenvalue weighted by molar-refractivity contribution is 0.0697. The van der Waals surface area contributed by atoms with Crippen LogP contribution in [0.15, 0.2) is 24.4 Å². The quantitative estimate of drug-likeness (QED) is 0.903. The van der Waals surface area contributed by atoms with E-state index < -0.39 is 5.97 Å². The minimum atomic E-state index is -1.03. The minimum absolute atomic E-state index is 0.102. The number of nitrogens with one attached hydrogen (secondary N) is 1. The minimum Gasteiger partial charge on any atom is -0.478 e. The number of hydrogen-bond acceptors (Lipinski definition) is 3. The van der Waals surface area contributed by atoms with E-state index in [-0.39, 0.29) is 10.6 Å². The van der Waals surface area contributed by atoms with Crippen LogP contribution in [0.1, 0.15) is 21.6 Å². The van der Waals surface area contributed by atoms with Gasteiger partial charge in [-0.2, -0.15) is 5.10 Å². The van der Waals surface area contributed by atoms with Crippen molar-refractivity contribution in [2.45, 2.75) is 13.5 Å². The summed E-state index contributed by atoms with van der Waals surface area (Å²) >= 11 is 5.90. The average molecular weight is 280 g/mol. The van der Waals surface area contributed by atoms with E-state index in [0.717, 1.165) is 16.9 Å². The molecular formula is C13H14ClN3O2. The molecule has 0 aliphatic carbocycles. The van der Waals surface area contributed by atoms with Crippen molar-refractivity contribution in [3.05, 3.63) is 46.2 Å². The molecule has 0 amide bonds. The summed E-state index contributed by atoms with van der Waals surface area (Å²) in [6.45, 7) is 2.60. The summed E-state index contributed by atoms with van der Waals surface area (Å²) < 4.78 is 1.80. The number of hydrogen-bond donors (Lipinski definition) is 2. The van der Waals surface area contributed by atoms with E-state index in [0.29, 0.717) is 6.54 Å². The maximum absolute atomic E-state index is 10.8. The Morgan fingerprint density at radius 1 is 1.53 bits per heavy atom. The first-order chi connectivity index (χ1) is 8.99. The van der Waals surface area contributed by atoms with Gasteiger partial charge in [-0.05, 0) is 25.1 Å². The van der Waals surface area contributed by atoms with Crippen molar-refractivity contribution >= 4 is 23.3 Å². The molecule has 0 saturated carbocycles. The van der Waals surface area contributed by atoms with Gasteiger partial charge in [-0.25, -0.2) is 4.79 Å². The van der Waals surface area contributed by atoms with E-state index in [1.165, 1.54) is 6.07 Å². The first kappa shape index (κ1) is 13.4. The van der Waals surface area contributed by atoms with Crippen LogP contribution in [0.5, 0.6) is 0 Å². The number of carbonyl (C=O) groups is 1. The molecule has 1 aromatic carbocycles. The number of carboxylic acid groups (broad SMARTS) is 1. The molecule has 5 nitrogen and oxygen atoms in total. The van der Waals surface area contributed by atoms with Crippen molar-refractivity contribution in [3.8, 4) is 0 Å². The SMILES string of the molecule is Cc1c(CNc2ccc(C(=O)O)c(Cl)c2)cnn1C. The number of rotatable bonds is 4. The summed E-state index contributed by atoms with van der Waals surface area (Å²) in [5.74, 6) is -1.03. The van der Waals surface area contributed by atoms with Gasteiger partial charge in [-0.1, -0.05) is 11.6 Å². The van der Waals surface area contributed by atoms with Crippen LogP contribution in [-0.2, 0) is 13.6 Å². The second-order valence-corrected chi connectivity index (χ2v) is 4.64. The molecule has 2 aromatic rings. The van der Waals surface area contributed by atoms with Crippen LogP contribution in [0.4, 0.5) is 5.69 Å². The number of anilines is 1. The number of carboxylic acids is 1. The maximum Gasteiger partial charge on any atom is 0.337 e. The Morgan fingerprint density at radius 2 is 2.26 bits per heavy atom. The number of halogens is 1. The van der Waals surface area contributed by atoms with Crippen LogP contribution in [0.25, 0.3) is 0 Å². The van der Waals surface area contributed by atoms with Crippen LogP contribution >= 0.6 is 11.6 Å². The number of aryl methyl sites for hydroxylation is 1. The Kier molecular flexibility index (Phi) is 3.76. The molecule has 0 radical (unpaired) electrons. The number of benzene rings is 1. The van der Waals surface area contributed by atoms with Gasteiger partial charge >= 0.3 is 5.97 Å². The number of nitrogens with zero attached hydrogens (tertiary/aromatic N) is 2. The zero-order chi connectivity index (χ0) is 14.0. The largest absolute Gasteiger partial charge is 0.478 e. The zero-order valence-electron chi connectivity index (χ0n) is 10.6. The van der Waals surface area contributed by atoms with Crippen molar-refractivity contribution in [1.29, 1.82) is 0 Å². The highest BCUT2D eigenvalue weighted by molar-refractivity contribution is 6.33. The van der Waals surface area contributed by atoms with Gasteiger partial charge < -0.3 is 10.4 Å². The summed E-state index contributed by atoms with van der Waals surface area (Å²) in [6, 6.07) is 4.79. The van der Waals surface area contributed by atoms with E-state index in [9.17, 15) is 4.79 Å². The zero-order valence-corrected chi connectivity index (χ0v) is 11.4. The molecule has 0 atom stereocenters. The third kappa shape index (κ3) is 2.88. The van der Waals surface area contributed by atoms with E-state index in [4.69, 9.17) is 16.7 Å². The third-order valence-electron chi connectivity index (χ3n) is 3.02. The van der Waals surface area contributed by atoms with Crippen LogP contribution in [-0.4, -0.2) is 20.9 Å². The molecule has 6 heteroatoms. The highest BCUT2D eigenvalue weighted by atomic mass is 35.5. The maximum atomic E-state index is 10.8. The molecule has 2 rings (SSSR count). The Bertz CT molecular complexity index is 622. The van der Waals surface area contributed by atoms with E-state index in [1.54, 1.807) is 23.0 Å². The van der Waals surface area contributed by atoms with Gasteiger partial charge in [0.15, 0.2) is 0 Å². The fraction of sp³-hybridized carbons (Fsp3) is 0.231. The van der Waals surface area contributed by atoms with E-state index in [2.05, 4.69) is 10.4 Å². The van der Waals surface area contributed by atoms with Crippen molar-refractivity contribution < 1.29 is 9.90 Å². The van der Waals surface area contributed by atoms with Crippen molar-refractivity contribution in [2.75, 3.05) is 5.32 Å². The topological polar surface area (TPSA) is 67.2 Å². The number of aromatic nitrogens is 2. The lowest BCUT2D eigenvalue weighted by atomic mass is 10.2. The second kappa shape index (κ2) is 5.32. The molecule has 100 valence electrons. The molecule has 0 spiro atoms. The number of aromatic carboxylic acids is 1. The van der Waals surface area contributed by atoms with Gasteiger partial charge in [-0.15, -0.1) is 0 Å². The van der Waals surface area contributed by atoms with Crippen molar-refractivity contribution in [2.24, 2.45) is 7.05 Å².